The van der Waals surface area contributed by atoms with Gasteiger partial charge in [-0.05, 0) is 24.6 Å². The van der Waals surface area contributed by atoms with Gasteiger partial charge in [-0.3, -0.25) is 0 Å². The summed E-state index contributed by atoms with van der Waals surface area (Å²) < 4.78 is 20.8. The molecule has 17 heavy (non-hydrogen) atoms. The van der Waals surface area contributed by atoms with E-state index in [1.54, 1.807) is 12.1 Å². The van der Waals surface area contributed by atoms with Gasteiger partial charge in [0.2, 0.25) is 0 Å². The lowest BCUT2D eigenvalue weighted by Gasteiger charge is -2.15. The van der Waals surface area contributed by atoms with E-state index in [0.29, 0.717) is 30.5 Å². The molecule has 0 atom stereocenters. The lowest BCUT2D eigenvalue weighted by atomic mass is 10.2. The third kappa shape index (κ3) is 3.54. The molecular formula is C11H17BO5. The van der Waals surface area contributed by atoms with Crippen molar-refractivity contribution in [1.82, 2.24) is 0 Å². The average Bonchev–Trinajstić information content (AvgIpc) is 2.37. The van der Waals surface area contributed by atoms with E-state index in [4.69, 9.17) is 23.9 Å². The van der Waals surface area contributed by atoms with Crippen molar-refractivity contribution in [2.45, 2.75) is 13.5 Å². The number of rotatable bonds is 7. The summed E-state index contributed by atoms with van der Waals surface area (Å²) in [5.41, 5.74) is 0.922. The van der Waals surface area contributed by atoms with Crippen LogP contribution in [0.5, 0.6) is 17.2 Å². The zero-order valence-corrected chi connectivity index (χ0v) is 10.4. The largest absolute Gasteiger partial charge is 0.534 e. The Hall–Kier alpha value is -1.40. The Balaban J connectivity index is 3.05. The molecule has 0 radical (unpaired) electrons. The van der Waals surface area contributed by atoms with Gasteiger partial charge in [0.15, 0.2) is 17.2 Å². The molecule has 5 nitrogen and oxygen atoms in total. The van der Waals surface area contributed by atoms with Crippen LogP contribution in [-0.4, -0.2) is 33.5 Å². The molecule has 0 unspecified atom stereocenters. The fourth-order valence-electron chi connectivity index (χ4n) is 1.44. The average molecular weight is 240 g/mol. The normalized spacial score (nSPS) is 9.88. The van der Waals surface area contributed by atoms with Crippen molar-refractivity contribution in [3.63, 3.8) is 0 Å². The highest BCUT2D eigenvalue weighted by molar-refractivity contribution is 6.17. The molecule has 1 aromatic carbocycles. The zero-order chi connectivity index (χ0) is 12.7. The van der Waals surface area contributed by atoms with Crippen LogP contribution in [0.25, 0.3) is 0 Å². The smallest absolute Gasteiger partial charge is 0.504 e. The fraction of sp³-hybridized carbons (Fsp3) is 0.455. The second-order valence-corrected chi connectivity index (χ2v) is 3.24. The van der Waals surface area contributed by atoms with E-state index >= 15 is 0 Å². The molecule has 0 aliphatic heterocycles. The van der Waals surface area contributed by atoms with Gasteiger partial charge < -0.3 is 23.9 Å². The summed E-state index contributed by atoms with van der Waals surface area (Å²) in [7, 11) is 2.63. The van der Waals surface area contributed by atoms with Crippen LogP contribution >= 0.6 is 0 Å². The monoisotopic (exact) mass is 240 g/mol. The van der Waals surface area contributed by atoms with Crippen LogP contribution in [0.4, 0.5) is 0 Å². The van der Waals surface area contributed by atoms with Gasteiger partial charge in [-0.25, -0.2) is 0 Å². The molecule has 6 heteroatoms. The SMILES string of the molecule is CCOCc1cc(OC)c(OBO)c(OC)c1. The molecule has 0 bridgehead atoms. The van der Waals surface area contributed by atoms with E-state index in [9.17, 15) is 0 Å². The molecule has 1 N–H and O–H groups in total. The zero-order valence-electron chi connectivity index (χ0n) is 10.4. The minimum absolute atomic E-state index is 0.387. The van der Waals surface area contributed by atoms with Gasteiger partial charge in [0.1, 0.15) is 0 Å². The maximum Gasteiger partial charge on any atom is 0.504 e. The summed E-state index contributed by atoms with van der Waals surface area (Å²) in [6, 6.07) is 3.59. The number of hydrogen-bond acceptors (Lipinski definition) is 5. The molecule has 0 fully saturated rings. The van der Waals surface area contributed by atoms with Gasteiger partial charge in [0.05, 0.1) is 20.8 Å². The second kappa shape index (κ2) is 7.03. The van der Waals surface area contributed by atoms with Gasteiger partial charge in [0.25, 0.3) is 0 Å². The molecule has 94 valence electrons. The molecule has 0 saturated carbocycles. The van der Waals surface area contributed by atoms with E-state index in [1.165, 1.54) is 14.2 Å². The van der Waals surface area contributed by atoms with E-state index in [1.807, 2.05) is 6.92 Å². The predicted molar refractivity (Wildman–Crippen MR) is 64.9 cm³/mol. The van der Waals surface area contributed by atoms with E-state index < -0.39 is 7.69 Å². The third-order valence-corrected chi connectivity index (χ3v) is 2.20. The van der Waals surface area contributed by atoms with Gasteiger partial charge in [-0.15, -0.1) is 0 Å². The van der Waals surface area contributed by atoms with Crippen molar-refractivity contribution in [2.24, 2.45) is 0 Å². The fourth-order valence-corrected chi connectivity index (χ4v) is 1.44. The number of ether oxygens (including phenoxy) is 3. The Labute approximate surface area is 102 Å². The van der Waals surface area contributed by atoms with Crippen LogP contribution in [0.2, 0.25) is 0 Å². The first-order chi connectivity index (χ1) is 8.26. The molecule has 0 saturated heterocycles. The van der Waals surface area contributed by atoms with Crippen molar-refractivity contribution < 1.29 is 23.9 Å². The highest BCUT2D eigenvalue weighted by Gasteiger charge is 2.13. The molecule has 0 heterocycles. The molecule has 1 aromatic rings. The second-order valence-electron chi connectivity index (χ2n) is 3.24. The Bertz CT molecular complexity index is 331. The van der Waals surface area contributed by atoms with Crippen LogP contribution < -0.4 is 14.1 Å². The predicted octanol–water partition coefficient (Wildman–Crippen LogP) is 0.878. The van der Waals surface area contributed by atoms with E-state index in [2.05, 4.69) is 0 Å². The number of benzene rings is 1. The first-order valence-corrected chi connectivity index (χ1v) is 5.33. The van der Waals surface area contributed by atoms with Crippen LogP contribution in [0.3, 0.4) is 0 Å². The molecular weight excluding hydrogens is 223 g/mol. The number of hydrogen-bond donors (Lipinski definition) is 1. The maximum atomic E-state index is 8.81. The molecule has 0 aliphatic rings. The summed E-state index contributed by atoms with van der Waals surface area (Å²) in [4.78, 5) is 0. The van der Waals surface area contributed by atoms with Crippen LogP contribution in [0, 0.1) is 0 Å². The lowest BCUT2D eigenvalue weighted by molar-refractivity contribution is 0.133. The van der Waals surface area contributed by atoms with Crippen molar-refractivity contribution in [1.29, 1.82) is 0 Å². The van der Waals surface area contributed by atoms with Crippen molar-refractivity contribution in [2.75, 3.05) is 20.8 Å². The molecule has 0 amide bonds. The minimum atomic E-state index is -0.433. The van der Waals surface area contributed by atoms with Gasteiger partial charge in [-0.2, -0.15) is 0 Å². The van der Waals surface area contributed by atoms with Gasteiger partial charge in [-0.1, -0.05) is 0 Å². The standard InChI is InChI=1S/C11H17BO5/c1-4-16-7-8-5-9(14-2)11(17-12-13)10(6-8)15-3/h5-6,12-13H,4,7H2,1-3H3. The van der Waals surface area contributed by atoms with E-state index in [-0.39, 0.29) is 0 Å². The minimum Gasteiger partial charge on any atom is -0.534 e. The molecule has 0 aromatic heterocycles. The highest BCUT2D eigenvalue weighted by Crippen LogP contribution is 2.38. The Morgan fingerprint density at radius 2 is 1.76 bits per heavy atom. The summed E-state index contributed by atoms with van der Waals surface area (Å²) in [6.45, 7) is 3.04. The highest BCUT2D eigenvalue weighted by atomic mass is 16.5. The summed E-state index contributed by atoms with van der Waals surface area (Å²) >= 11 is 0. The van der Waals surface area contributed by atoms with Crippen LogP contribution in [0.15, 0.2) is 12.1 Å². The van der Waals surface area contributed by atoms with Crippen LogP contribution in [0.1, 0.15) is 12.5 Å². The van der Waals surface area contributed by atoms with Crippen molar-refractivity contribution >= 4 is 7.69 Å². The first kappa shape index (κ1) is 13.7. The Kier molecular flexibility index (Phi) is 5.66. The first-order valence-electron chi connectivity index (χ1n) is 5.33. The summed E-state index contributed by atoms with van der Waals surface area (Å²) in [5, 5.41) is 8.81. The lowest BCUT2D eigenvalue weighted by Crippen LogP contribution is -2.05. The quantitative estimate of drug-likeness (QED) is 0.717. The summed E-state index contributed by atoms with van der Waals surface area (Å²) in [6.07, 6.45) is 0. The van der Waals surface area contributed by atoms with Gasteiger partial charge in [0, 0.05) is 6.61 Å². The van der Waals surface area contributed by atoms with Crippen molar-refractivity contribution in [3.05, 3.63) is 17.7 Å². The summed E-state index contributed by atoms with van der Waals surface area (Å²) in [5.74, 6) is 1.40. The molecule has 1 rings (SSSR count). The Morgan fingerprint density at radius 1 is 1.18 bits per heavy atom. The van der Waals surface area contributed by atoms with Crippen molar-refractivity contribution in [3.8, 4) is 17.2 Å². The maximum absolute atomic E-state index is 8.81. The molecule has 0 spiro atoms. The number of methoxy groups -OCH3 is 2. The third-order valence-electron chi connectivity index (χ3n) is 2.20. The van der Waals surface area contributed by atoms with Crippen LogP contribution in [-0.2, 0) is 11.3 Å². The van der Waals surface area contributed by atoms with E-state index in [0.717, 1.165) is 5.56 Å². The molecule has 0 aliphatic carbocycles. The Morgan fingerprint density at radius 3 is 2.18 bits per heavy atom. The van der Waals surface area contributed by atoms with Gasteiger partial charge >= 0.3 is 7.69 Å². The topological polar surface area (TPSA) is 57.2 Å².